The SMILES string of the molecule is COc1cc(C(=O)NCCCc2cn(-c3ccccc3)nc2C)ccc1OCc1c(C)noc1C. The predicted octanol–water partition coefficient (Wildman–Crippen LogP) is 4.74. The first kappa shape index (κ1) is 24.1. The predicted molar refractivity (Wildman–Crippen MR) is 132 cm³/mol. The summed E-state index contributed by atoms with van der Waals surface area (Å²) in [5.41, 5.74) is 5.41. The minimum Gasteiger partial charge on any atom is -0.493 e. The first-order chi connectivity index (χ1) is 17.0. The number of nitrogens with zero attached hydrogens (tertiary/aromatic N) is 3. The highest BCUT2D eigenvalue weighted by Gasteiger charge is 2.14. The lowest BCUT2D eigenvalue weighted by atomic mass is 10.1. The van der Waals surface area contributed by atoms with E-state index in [9.17, 15) is 4.79 Å². The maximum Gasteiger partial charge on any atom is 0.251 e. The maximum absolute atomic E-state index is 12.7. The van der Waals surface area contributed by atoms with Crippen molar-refractivity contribution in [1.29, 1.82) is 0 Å². The number of nitrogens with one attached hydrogen (secondary N) is 1. The second-order valence-electron chi connectivity index (χ2n) is 8.34. The Labute approximate surface area is 204 Å². The van der Waals surface area contributed by atoms with Crippen LogP contribution in [0.5, 0.6) is 11.5 Å². The number of hydrogen-bond acceptors (Lipinski definition) is 6. The zero-order valence-electron chi connectivity index (χ0n) is 20.5. The van der Waals surface area contributed by atoms with Crippen molar-refractivity contribution in [3.05, 3.63) is 88.6 Å². The topological polar surface area (TPSA) is 91.4 Å². The van der Waals surface area contributed by atoms with Crippen LogP contribution >= 0.6 is 0 Å². The van der Waals surface area contributed by atoms with Crippen LogP contribution in [0.15, 0.2) is 59.3 Å². The summed E-state index contributed by atoms with van der Waals surface area (Å²) in [7, 11) is 1.55. The molecule has 0 aliphatic rings. The van der Waals surface area contributed by atoms with Gasteiger partial charge in [0.25, 0.3) is 5.91 Å². The summed E-state index contributed by atoms with van der Waals surface area (Å²) in [4.78, 5) is 12.7. The number of methoxy groups -OCH3 is 1. The largest absolute Gasteiger partial charge is 0.493 e. The molecule has 0 aliphatic carbocycles. The number of hydrogen-bond donors (Lipinski definition) is 1. The molecule has 0 atom stereocenters. The van der Waals surface area contributed by atoms with Crippen molar-refractivity contribution in [2.24, 2.45) is 0 Å². The minimum atomic E-state index is -0.155. The summed E-state index contributed by atoms with van der Waals surface area (Å²) < 4.78 is 18.4. The van der Waals surface area contributed by atoms with Gasteiger partial charge in [-0.2, -0.15) is 5.10 Å². The summed E-state index contributed by atoms with van der Waals surface area (Å²) in [6.07, 6.45) is 3.69. The molecule has 0 bridgehead atoms. The van der Waals surface area contributed by atoms with E-state index in [1.807, 2.05) is 55.8 Å². The van der Waals surface area contributed by atoms with Gasteiger partial charge >= 0.3 is 0 Å². The van der Waals surface area contributed by atoms with E-state index in [4.69, 9.17) is 14.0 Å². The fourth-order valence-electron chi connectivity index (χ4n) is 3.82. The van der Waals surface area contributed by atoms with Crippen molar-refractivity contribution >= 4 is 5.91 Å². The van der Waals surface area contributed by atoms with Gasteiger partial charge < -0.3 is 19.3 Å². The van der Waals surface area contributed by atoms with E-state index < -0.39 is 0 Å². The van der Waals surface area contributed by atoms with Crippen molar-refractivity contribution in [1.82, 2.24) is 20.3 Å². The van der Waals surface area contributed by atoms with Crippen molar-refractivity contribution in [2.45, 2.75) is 40.2 Å². The van der Waals surface area contributed by atoms with Gasteiger partial charge in [-0.15, -0.1) is 0 Å². The number of carbonyl (C=O) groups excluding carboxylic acids is 1. The van der Waals surface area contributed by atoms with Gasteiger partial charge in [0.1, 0.15) is 12.4 Å². The second kappa shape index (κ2) is 10.9. The Balaban J connectivity index is 1.30. The highest BCUT2D eigenvalue weighted by Crippen LogP contribution is 2.29. The molecule has 0 saturated heterocycles. The van der Waals surface area contributed by atoms with Crippen molar-refractivity contribution in [3.63, 3.8) is 0 Å². The van der Waals surface area contributed by atoms with E-state index in [1.54, 1.807) is 25.3 Å². The summed E-state index contributed by atoms with van der Waals surface area (Å²) in [5.74, 6) is 1.61. The van der Waals surface area contributed by atoms with Crippen molar-refractivity contribution in [2.75, 3.05) is 13.7 Å². The first-order valence-electron chi connectivity index (χ1n) is 11.6. The Morgan fingerprint density at radius 2 is 1.86 bits per heavy atom. The monoisotopic (exact) mass is 474 g/mol. The quantitative estimate of drug-likeness (QED) is 0.334. The molecule has 2 aromatic heterocycles. The molecule has 35 heavy (non-hydrogen) atoms. The van der Waals surface area contributed by atoms with Crippen LogP contribution in [0, 0.1) is 20.8 Å². The second-order valence-corrected chi connectivity index (χ2v) is 8.34. The third-order valence-corrected chi connectivity index (χ3v) is 5.91. The molecule has 182 valence electrons. The van der Waals surface area contributed by atoms with Gasteiger partial charge in [0.05, 0.1) is 29.7 Å². The van der Waals surface area contributed by atoms with Crippen LogP contribution < -0.4 is 14.8 Å². The molecule has 1 N–H and O–H groups in total. The van der Waals surface area contributed by atoms with E-state index in [0.717, 1.165) is 41.2 Å². The molecule has 4 rings (SSSR count). The van der Waals surface area contributed by atoms with Gasteiger partial charge in [0.15, 0.2) is 11.5 Å². The highest BCUT2D eigenvalue weighted by atomic mass is 16.5. The third kappa shape index (κ3) is 5.71. The molecule has 0 fully saturated rings. The Bertz CT molecular complexity index is 1270. The number of aryl methyl sites for hydroxylation is 4. The molecule has 0 radical (unpaired) electrons. The van der Waals surface area contributed by atoms with Crippen LogP contribution in [0.25, 0.3) is 5.69 Å². The van der Waals surface area contributed by atoms with Gasteiger partial charge in [-0.05, 0) is 69.5 Å². The Kier molecular flexibility index (Phi) is 7.50. The average Bonchev–Trinajstić information content (AvgIpc) is 3.41. The number of amides is 1. The number of ether oxygens (including phenoxy) is 2. The summed E-state index contributed by atoms with van der Waals surface area (Å²) in [6, 6.07) is 15.2. The van der Waals surface area contributed by atoms with E-state index in [1.165, 1.54) is 5.56 Å². The molecule has 2 aromatic carbocycles. The Morgan fingerprint density at radius 3 is 2.57 bits per heavy atom. The smallest absolute Gasteiger partial charge is 0.251 e. The molecular weight excluding hydrogens is 444 g/mol. The van der Waals surface area contributed by atoms with E-state index in [2.05, 4.69) is 21.8 Å². The zero-order valence-corrected chi connectivity index (χ0v) is 20.5. The Hall–Kier alpha value is -4.07. The molecule has 1 amide bonds. The number of para-hydroxylation sites is 1. The lowest BCUT2D eigenvalue weighted by Gasteiger charge is -2.12. The zero-order chi connectivity index (χ0) is 24.8. The summed E-state index contributed by atoms with van der Waals surface area (Å²) in [6.45, 7) is 6.59. The van der Waals surface area contributed by atoms with Gasteiger partial charge in [0.2, 0.25) is 0 Å². The van der Waals surface area contributed by atoms with Gasteiger partial charge in [0, 0.05) is 18.3 Å². The number of rotatable bonds is 10. The average molecular weight is 475 g/mol. The molecular formula is C27H30N4O4. The molecule has 8 heteroatoms. The van der Waals surface area contributed by atoms with Crippen LogP contribution in [-0.2, 0) is 13.0 Å². The minimum absolute atomic E-state index is 0.155. The van der Waals surface area contributed by atoms with Crippen molar-refractivity contribution in [3.8, 4) is 17.2 Å². The molecule has 0 unspecified atom stereocenters. The van der Waals surface area contributed by atoms with Gasteiger partial charge in [-0.1, -0.05) is 23.4 Å². The van der Waals surface area contributed by atoms with Crippen LogP contribution in [0.1, 0.15) is 45.1 Å². The number of carbonyl (C=O) groups is 1. The van der Waals surface area contributed by atoms with E-state index in [0.29, 0.717) is 30.2 Å². The van der Waals surface area contributed by atoms with Crippen LogP contribution in [-0.4, -0.2) is 34.5 Å². The van der Waals surface area contributed by atoms with Gasteiger partial charge in [-0.25, -0.2) is 4.68 Å². The number of benzene rings is 2. The molecule has 0 spiro atoms. The van der Waals surface area contributed by atoms with Crippen LogP contribution in [0.3, 0.4) is 0 Å². The van der Waals surface area contributed by atoms with E-state index >= 15 is 0 Å². The fraction of sp³-hybridized carbons (Fsp3) is 0.296. The van der Waals surface area contributed by atoms with Crippen molar-refractivity contribution < 1.29 is 18.8 Å². The van der Waals surface area contributed by atoms with E-state index in [-0.39, 0.29) is 5.91 Å². The van der Waals surface area contributed by atoms with Gasteiger partial charge in [-0.3, -0.25) is 4.79 Å². The third-order valence-electron chi connectivity index (χ3n) is 5.91. The lowest BCUT2D eigenvalue weighted by Crippen LogP contribution is -2.24. The summed E-state index contributed by atoms with van der Waals surface area (Å²) in [5, 5.41) is 11.5. The molecule has 0 aliphatic heterocycles. The molecule has 4 aromatic rings. The molecule has 8 nitrogen and oxygen atoms in total. The number of aromatic nitrogens is 3. The van der Waals surface area contributed by atoms with Crippen LogP contribution in [0.2, 0.25) is 0 Å². The molecule has 2 heterocycles. The lowest BCUT2D eigenvalue weighted by molar-refractivity contribution is 0.0952. The maximum atomic E-state index is 12.7. The first-order valence-corrected chi connectivity index (χ1v) is 11.6. The normalized spacial score (nSPS) is 10.9. The highest BCUT2D eigenvalue weighted by molar-refractivity contribution is 5.94. The standard InChI is InChI=1S/C27H30N4O4/c1-18-22(16-31(29-18)23-10-6-5-7-11-23)9-8-14-28-27(32)21-12-13-25(26(15-21)33-4)34-17-24-19(2)30-35-20(24)3/h5-7,10-13,15-16H,8-9,14,17H2,1-4H3,(H,28,32). The Morgan fingerprint density at radius 1 is 1.06 bits per heavy atom. The fourth-order valence-corrected chi connectivity index (χ4v) is 3.82. The molecule has 0 saturated carbocycles. The summed E-state index contributed by atoms with van der Waals surface area (Å²) >= 11 is 0. The van der Waals surface area contributed by atoms with Crippen LogP contribution in [0.4, 0.5) is 0 Å².